The van der Waals surface area contributed by atoms with Crippen LogP contribution in [0.15, 0.2) is 11.2 Å². The van der Waals surface area contributed by atoms with Crippen molar-refractivity contribution in [2.75, 3.05) is 26.2 Å². The second kappa shape index (κ2) is 10.6. The van der Waals surface area contributed by atoms with Crippen molar-refractivity contribution in [3.8, 4) is 0 Å². The first-order valence-corrected chi connectivity index (χ1v) is 7.81. The van der Waals surface area contributed by atoms with Crippen molar-refractivity contribution >= 4 is 23.7 Å². The third kappa shape index (κ3) is 8.34. The molecule has 1 rings (SSSR count). The lowest BCUT2D eigenvalue weighted by Gasteiger charge is -2.04. The number of imidazole rings is 1. The zero-order valence-corrected chi connectivity index (χ0v) is 14.1. The van der Waals surface area contributed by atoms with Gasteiger partial charge in [0.1, 0.15) is 5.69 Å². The Morgan fingerprint density at radius 2 is 1.76 bits per heavy atom. The van der Waals surface area contributed by atoms with E-state index in [1.165, 1.54) is 13.1 Å². The molecule has 0 saturated heterocycles. The van der Waals surface area contributed by atoms with Crippen molar-refractivity contribution in [2.45, 2.75) is 19.8 Å². The number of hydrogen-bond donors (Lipinski definition) is 6. The van der Waals surface area contributed by atoms with Gasteiger partial charge >= 0.3 is 0 Å². The van der Waals surface area contributed by atoms with E-state index in [1.54, 1.807) is 0 Å². The number of guanidine groups is 1. The summed E-state index contributed by atoms with van der Waals surface area (Å²) in [5.41, 5.74) is 10.6. The van der Waals surface area contributed by atoms with Gasteiger partial charge in [0.15, 0.2) is 11.8 Å². The number of aliphatic imine (C=N–C) groups is 1. The Balaban J connectivity index is 2.30. The van der Waals surface area contributed by atoms with E-state index in [4.69, 9.17) is 11.5 Å². The van der Waals surface area contributed by atoms with Crippen molar-refractivity contribution in [2.24, 2.45) is 16.5 Å². The summed E-state index contributed by atoms with van der Waals surface area (Å²) in [6.07, 6.45) is 2.74. The summed E-state index contributed by atoms with van der Waals surface area (Å²) < 4.78 is 0. The molecule has 0 aliphatic carbocycles. The minimum absolute atomic E-state index is 0.0285. The Kier molecular flexibility index (Phi) is 8.47. The number of aromatic amines is 1. The molecular formula is C14H24N8O3. The van der Waals surface area contributed by atoms with Crippen LogP contribution < -0.4 is 27.4 Å². The number of carbonyl (C=O) groups is 3. The fourth-order valence-corrected chi connectivity index (χ4v) is 1.79. The van der Waals surface area contributed by atoms with Crippen LogP contribution in [-0.2, 0) is 4.79 Å². The lowest BCUT2D eigenvalue weighted by Crippen LogP contribution is -2.34. The lowest BCUT2D eigenvalue weighted by molar-refractivity contribution is -0.118. The molecule has 0 aliphatic rings. The fraction of sp³-hybridized carbons (Fsp3) is 0.500. The SMILES string of the molecule is CC(=O)NCCNC(=O)c1ncc(C(=O)NCCCCN=C(N)N)[nH]1. The maximum atomic E-state index is 11.9. The predicted molar refractivity (Wildman–Crippen MR) is 91.8 cm³/mol. The van der Waals surface area contributed by atoms with E-state index in [1.807, 2.05) is 0 Å². The van der Waals surface area contributed by atoms with Crippen molar-refractivity contribution in [1.82, 2.24) is 25.9 Å². The van der Waals surface area contributed by atoms with Crippen molar-refractivity contribution in [3.05, 3.63) is 17.7 Å². The quantitative estimate of drug-likeness (QED) is 0.162. The van der Waals surface area contributed by atoms with Gasteiger partial charge in [-0.2, -0.15) is 0 Å². The number of H-pyrrole nitrogens is 1. The average molecular weight is 352 g/mol. The molecule has 0 unspecified atom stereocenters. The average Bonchev–Trinajstić information content (AvgIpc) is 3.04. The maximum Gasteiger partial charge on any atom is 0.287 e. The van der Waals surface area contributed by atoms with Crippen LogP contribution in [0.3, 0.4) is 0 Å². The molecule has 1 aromatic rings. The zero-order chi connectivity index (χ0) is 18.7. The predicted octanol–water partition coefficient (Wildman–Crippen LogP) is -1.94. The minimum atomic E-state index is -0.457. The number of nitrogens with one attached hydrogen (secondary N) is 4. The molecule has 0 atom stereocenters. The van der Waals surface area contributed by atoms with Crippen molar-refractivity contribution in [1.29, 1.82) is 0 Å². The molecule has 1 aromatic heterocycles. The van der Waals surface area contributed by atoms with Gasteiger partial charge in [0, 0.05) is 33.1 Å². The highest BCUT2D eigenvalue weighted by molar-refractivity contribution is 5.95. The Labute approximate surface area is 145 Å². The van der Waals surface area contributed by atoms with Gasteiger partial charge in [-0.05, 0) is 12.8 Å². The number of carbonyl (C=O) groups excluding carboxylic acids is 3. The van der Waals surface area contributed by atoms with Crippen LogP contribution in [0.2, 0.25) is 0 Å². The molecule has 1 heterocycles. The van der Waals surface area contributed by atoms with E-state index in [2.05, 4.69) is 30.9 Å². The zero-order valence-electron chi connectivity index (χ0n) is 14.1. The lowest BCUT2D eigenvalue weighted by atomic mass is 10.3. The van der Waals surface area contributed by atoms with Crippen LogP contribution in [-0.4, -0.2) is 59.8 Å². The normalized spacial score (nSPS) is 9.96. The van der Waals surface area contributed by atoms with Crippen LogP contribution in [0.5, 0.6) is 0 Å². The molecule has 0 spiro atoms. The summed E-state index contributed by atoms with van der Waals surface area (Å²) in [6.45, 7) is 2.92. The molecule has 25 heavy (non-hydrogen) atoms. The first-order chi connectivity index (χ1) is 11.9. The van der Waals surface area contributed by atoms with Crippen LogP contribution in [0.4, 0.5) is 0 Å². The minimum Gasteiger partial charge on any atom is -0.370 e. The monoisotopic (exact) mass is 352 g/mol. The highest BCUT2D eigenvalue weighted by Gasteiger charge is 2.13. The number of nitrogens with zero attached hydrogens (tertiary/aromatic N) is 2. The Morgan fingerprint density at radius 3 is 2.44 bits per heavy atom. The second-order valence-corrected chi connectivity index (χ2v) is 5.15. The van der Waals surface area contributed by atoms with E-state index in [0.717, 1.165) is 6.42 Å². The molecule has 3 amide bonds. The van der Waals surface area contributed by atoms with Crippen LogP contribution in [0, 0.1) is 0 Å². The van der Waals surface area contributed by atoms with Crippen LogP contribution >= 0.6 is 0 Å². The highest BCUT2D eigenvalue weighted by Crippen LogP contribution is 1.98. The van der Waals surface area contributed by atoms with E-state index in [0.29, 0.717) is 26.1 Å². The second-order valence-electron chi connectivity index (χ2n) is 5.15. The Morgan fingerprint density at radius 1 is 1.08 bits per heavy atom. The van der Waals surface area contributed by atoms with Crippen molar-refractivity contribution < 1.29 is 14.4 Å². The highest BCUT2D eigenvalue weighted by atomic mass is 16.2. The number of aromatic nitrogens is 2. The molecule has 0 bridgehead atoms. The summed E-state index contributed by atoms with van der Waals surface area (Å²) in [5, 5.41) is 7.82. The van der Waals surface area contributed by atoms with Gasteiger partial charge in [-0.3, -0.25) is 19.4 Å². The standard InChI is InChI=1S/C14H24N8O3/c1-9(23)17-6-7-19-13(25)11-21-8-10(22-11)12(24)18-4-2-3-5-20-14(15)16/h8H,2-7H2,1H3,(H,17,23)(H,18,24)(H,19,25)(H,21,22)(H4,15,16,20). The van der Waals surface area contributed by atoms with Gasteiger partial charge < -0.3 is 32.4 Å². The number of hydrogen-bond acceptors (Lipinski definition) is 5. The Hall–Kier alpha value is -3.11. The molecule has 0 radical (unpaired) electrons. The summed E-state index contributed by atoms with van der Waals surface area (Å²) in [7, 11) is 0. The van der Waals surface area contributed by atoms with E-state index in [9.17, 15) is 14.4 Å². The maximum absolute atomic E-state index is 11.9. The number of unbranched alkanes of at least 4 members (excludes halogenated alkanes) is 1. The Bertz CT molecular complexity index is 621. The van der Waals surface area contributed by atoms with Crippen LogP contribution in [0.1, 0.15) is 40.9 Å². The first-order valence-electron chi connectivity index (χ1n) is 7.81. The number of rotatable bonds is 10. The molecule has 8 N–H and O–H groups in total. The van der Waals surface area contributed by atoms with Gasteiger partial charge in [0.2, 0.25) is 5.91 Å². The molecule has 0 saturated carbocycles. The third-order valence-corrected chi connectivity index (χ3v) is 2.98. The number of amides is 3. The summed E-state index contributed by atoms with van der Waals surface area (Å²) in [6, 6.07) is 0. The summed E-state index contributed by atoms with van der Waals surface area (Å²) >= 11 is 0. The van der Waals surface area contributed by atoms with Gasteiger partial charge in [0.05, 0.1) is 6.20 Å². The number of nitrogens with two attached hydrogens (primary N) is 2. The first kappa shape index (κ1) is 19.9. The van der Waals surface area contributed by atoms with Crippen LogP contribution in [0.25, 0.3) is 0 Å². The molecule has 0 fully saturated rings. The molecule has 0 aliphatic heterocycles. The van der Waals surface area contributed by atoms with Gasteiger partial charge in [-0.25, -0.2) is 4.98 Å². The molecule has 138 valence electrons. The van der Waals surface area contributed by atoms with E-state index >= 15 is 0 Å². The smallest absolute Gasteiger partial charge is 0.287 e. The molecule has 0 aromatic carbocycles. The summed E-state index contributed by atoms with van der Waals surface area (Å²) in [4.78, 5) is 44.8. The van der Waals surface area contributed by atoms with E-state index in [-0.39, 0.29) is 35.8 Å². The molecule has 11 nitrogen and oxygen atoms in total. The third-order valence-electron chi connectivity index (χ3n) is 2.98. The van der Waals surface area contributed by atoms with Gasteiger partial charge in [-0.15, -0.1) is 0 Å². The molecular weight excluding hydrogens is 328 g/mol. The molecule has 11 heteroatoms. The van der Waals surface area contributed by atoms with Gasteiger partial charge in [0.25, 0.3) is 11.8 Å². The van der Waals surface area contributed by atoms with Crippen molar-refractivity contribution in [3.63, 3.8) is 0 Å². The largest absolute Gasteiger partial charge is 0.370 e. The fourth-order valence-electron chi connectivity index (χ4n) is 1.79. The van der Waals surface area contributed by atoms with E-state index < -0.39 is 5.91 Å². The summed E-state index contributed by atoms with van der Waals surface area (Å²) in [5.74, 6) is -0.914. The topological polar surface area (TPSA) is 180 Å². The van der Waals surface area contributed by atoms with Gasteiger partial charge in [-0.1, -0.05) is 0 Å².